The summed E-state index contributed by atoms with van der Waals surface area (Å²) in [6, 6.07) is 14.2. The fourth-order valence-electron chi connectivity index (χ4n) is 2.58. The van der Waals surface area contributed by atoms with Crippen molar-refractivity contribution in [2.75, 3.05) is 6.54 Å². The summed E-state index contributed by atoms with van der Waals surface area (Å²) in [5, 5.41) is 6.45. The first-order chi connectivity index (χ1) is 13.0. The van der Waals surface area contributed by atoms with Crippen molar-refractivity contribution in [1.29, 1.82) is 0 Å². The molecule has 0 saturated carbocycles. The van der Waals surface area contributed by atoms with Crippen molar-refractivity contribution in [3.8, 4) is 5.69 Å². The highest BCUT2D eigenvalue weighted by Gasteiger charge is 2.20. The zero-order valence-corrected chi connectivity index (χ0v) is 14.6. The zero-order valence-electron chi connectivity index (χ0n) is 14.6. The molecule has 0 spiro atoms. The Balaban J connectivity index is 2.23. The molecule has 1 heterocycles. The summed E-state index contributed by atoms with van der Waals surface area (Å²) in [6.07, 6.45) is 0. The smallest absolute Gasteiger partial charge is 0.351 e. The van der Waals surface area contributed by atoms with Crippen LogP contribution in [0.15, 0.2) is 64.2 Å². The van der Waals surface area contributed by atoms with Crippen molar-refractivity contribution in [1.82, 2.24) is 19.7 Å². The highest BCUT2D eigenvalue weighted by atomic mass is 19.1. The second-order valence-electron chi connectivity index (χ2n) is 5.72. The lowest BCUT2D eigenvalue weighted by Crippen LogP contribution is -2.46. The van der Waals surface area contributed by atoms with E-state index < -0.39 is 28.7 Å². The van der Waals surface area contributed by atoms with Gasteiger partial charge in [-0.25, -0.2) is 9.18 Å². The number of nitrogens with one attached hydrogen (secondary N) is 1. The topological polar surface area (TPSA) is 86.0 Å². The fourth-order valence-corrected chi connectivity index (χ4v) is 2.58. The summed E-state index contributed by atoms with van der Waals surface area (Å²) < 4.78 is 15.8. The van der Waals surface area contributed by atoms with Gasteiger partial charge in [0.05, 0.1) is 12.2 Å². The number of aromatic nitrogens is 3. The molecule has 0 aliphatic heterocycles. The summed E-state index contributed by atoms with van der Waals surface area (Å²) in [5.41, 5.74) is -1.53. The van der Waals surface area contributed by atoms with Gasteiger partial charge in [0.2, 0.25) is 5.69 Å². The minimum absolute atomic E-state index is 0.157. The lowest BCUT2D eigenvalue weighted by molar-refractivity contribution is 0.0946. The standard InChI is InChI=1S/C19H17FN4O3/c1-2-21-17(25)16-18(26)23(12-13-8-6-7-11-15(13)20)19(27)24(22-16)14-9-4-3-5-10-14/h3-11H,2,12H2,1H3,(H,21,25). The molecule has 0 unspecified atom stereocenters. The van der Waals surface area contributed by atoms with Crippen LogP contribution in [0.4, 0.5) is 4.39 Å². The summed E-state index contributed by atoms with van der Waals surface area (Å²) >= 11 is 0. The summed E-state index contributed by atoms with van der Waals surface area (Å²) in [4.78, 5) is 37.8. The molecule has 1 N–H and O–H groups in total. The van der Waals surface area contributed by atoms with Crippen LogP contribution in [0.2, 0.25) is 0 Å². The van der Waals surface area contributed by atoms with E-state index in [1.807, 2.05) is 0 Å². The molecular formula is C19H17FN4O3. The fraction of sp³-hybridized carbons (Fsp3) is 0.158. The molecular weight excluding hydrogens is 351 g/mol. The molecule has 1 amide bonds. The number of halogens is 1. The van der Waals surface area contributed by atoms with E-state index in [-0.39, 0.29) is 18.7 Å². The van der Waals surface area contributed by atoms with Gasteiger partial charge in [0.1, 0.15) is 5.82 Å². The van der Waals surface area contributed by atoms with Crippen LogP contribution in [0.5, 0.6) is 0 Å². The predicted octanol–water partition coefficient (Wildman–Crippen LogP) is 1.33. The monoisotopic (exact) mass is 368 g/mol. The van der Waals surface area contributed by atoms with Gasteiger partial charge in [-0.2, -0.15) is 9.78 Å². The van der Waals surface area contributed by atoms with Crippen molar-refractivity contribution in [2.45, 2.75) is 13.5 Å². The number of benzene rings is 2. The largest absolute Gasteiger partial charge is 0.352 e. The summed E-state index contributed by atoms with van der Waals surface area (Å²) in [6.45, 7) is 1.67. The Bertz CT molecular complexity index is 1090. The number of nitrogens with zero attached hydrogens (tertiary/aromatic N) is 3. The van der Waals surface area contributed by atoms with Crippen molar-refractivity contribution < 1.29 is 9.18 Å². The molecule has 27 heavy (non-hydrogen) atoms. The molecule has 2 aromatic carbocycles. The van der Waals surface area contributed by atoms with Crippen LogP contribution >= 0.6 is 0 Å². The van der Waals surface area contributed by atoms with E-state index in [0.29, 0.717) is 5.69 Å². The minimum atomic E-state index is -0.874. The second kappa shape index (κ2) is 7.77. The van der Waals surface area contributed by atoms with Crippen molar-refractivity contribution in [3.05, 3.63) is 92.5 Å². The van der Waals surface area contributed by atoms with Gasteiger partial charge < -0.3 is 5.32 Å². The maximum absolute atomic E-state index is 14.0. The molecule has 3 aromatic rings. The second-order valence-corrected chi connectivity index (χ2v) is 5.72. The number of para-hydroxylation sites is 1. The van der Waals surface area contributed by atoms with E-state index in [1.165, 1.54) is 18.2 Å². The molecule has 0 fully saturated rings. The molecule has 8 heteroatoms. The van der Waals surface area contributed by atoms with Crippen LogP contribution in [0.25, 0.3) is 5.69 Å². The van der Waals surface area contributed by atoms with Gasteiger partial charge in [0.15, 0.2) is 0 Å². The molecule has 0 aliphatic carbocycles. The molecule has 0 saturated heterocycles. The highest BCUT2D eigenvalue weighted by Crippen LogP contribution is 2.07. The first-order valence-electron chi connectivity index (χ1n) is 8.34. The van der Waals surface area contributed by atoms with Crippen LogP contribution < -0.4 is 16.6 Å². The van der Waals surface area contributed by atoms with E-state index >= 15 is 0 Å². The molecule has 0 bridgehead atoms. The average Bonchev–Trinajstić information content (AvgIpc) is 2.67. The first kappa shape index (κ1) is 18.2. The van der Waals surface area contributed by atoms with Gasteiger partial charge in [-0.15, -0.1) is 0 Å². The molecule has 0 radical (unpaired) electrons. The Kier molecular flexibility index (Phi) is 5.25. The van der Waals surface area contributed by atoms with Gasteiger partial charge in [-0.1, -0.05) is 36.4 Å². The SMILES string of the molecule is CCNC(=O)c1nn(-c2ccccc2)c(=O)n(Cc2ccccc2F)c1=O. The van der Waals surface area contributed by atoms with E-state index in [2.05, 4.69) is 10.4 Å². The van der Waals surface area contributed by atoms with Crippen LogP contribution in [-0.4, -0.2) is 26.8 Å². The minimum Gasteiger partial charge on any atom is -0.351 e. The Labute approximate surface area is 153 Å². The van der Waals surface area contributed by atoms with Crippen molar-refractivity contribution >= 4 is 5.91 Å². The molecule has 0 aliphatic rings. The van der Waals surface area contributed by atoms with Crippen molar-refractivity contribution in [2.24, 2.45) is 0 Å². The Morgan fingerprint density at radius 1 is 1.07 bits per heavy atom. The lowest BCUT2D eigenvalue weighted by atomic mass is 10.2. The third-order valence-corrected chi connectivity index (χ3v) is 3.90. The number of hydrogen-bond acceptors (Lipinski definition) is 4. The number of rotatable bonds is 5. The number of hydrogen-bond donors (Lipinski definition) is 1. The Hall–Kier alpha value is -3.55. The van der Waals surface area contributed by atoms with Crippen LogP contribution in [0.1, 0.15) is 23.0 Å². The molecule has 0 atom stereocenters. The molecule has 138 valence electrons. The Morgan fingerprint density at radius 3 is 2.41 bits per heavy atom. The number of carbonyl (C=O) groups excluding carboxylic acids is 1. The van der Waals surface area contributed by atoms with Gasteiger partial charge in [0, 0.05) is 12.1 Å². The Morgan fingerprint density at radius 2 is 1.74 bits per heavy atom. The van der Waals surface area contributed by atoms with Gasteiger partial charge in [0.25, 0.3) is 11.5 Å². The van der Waals surface area contributed by atoms with E-state index in [1.54, 1.807) is 43.3 Å². The van der Waals surface area contributed by atoms with Gasteiger partial charge in [-0.3, -0.25) is 14.2 Å². The quantitative estimate of drug-likeness (QED) is 0.736. The third kappa shape index (κ3) is 3.69. The van der Waals surface area contributed by atoms with Gasteiger partial charge >= 0.3 is 5.69 Å². The predicted molar refractivity (Wildman–Crippen MR) is 97.6 cm³/mol. The zero-order chi connectivity index (χ0) is 19.4. The van der Waals surface area contributed by atoms with Crippen molar-refractivity contribution in [3.63, 3.8) is 0 Å². The maximum Gasteiger partial charge on any atom is 0.352 e. The third-order valence-electron chi connectivity index (χ3n) is 3.90. The highest BCUT2D eigenvalue weighted by molar-refractivity contribution is 5.91. The van der Waals surface area contributed by atoms with E-state index in [9.17, 15) is 18.8 Å². The van der Waals surface area contributed by atoms with Crippen LogP contribution in [-0.2, 0) is 6.54 Å². The average molecular weight is 368 g/mol. The maximum atomic E-state index is 14.0. The van der Waals surface area contributed by atoms with E-state index in [4.69, 9.17) is 0 Å². The van der Waals surface area contributed by atoms with E-state index in [0.717, 1.165) is 9.25 Å². The molecule has 1 aromatic heterocycles. The first-order valence-corrected chi connectivity index (χ1v) is 8.34. The number of carbonyl (C=O) groups is 1. The summed E-state index contributed by atoms with van der Waals surface area (Å²) in [7, 11) is 0. The summed E-state index contributed by atoms with van der Waals surface area (Å²) in [5.74, 6) is -1.25. The van der Waals surface area contributed by atoms with Gasteiger partial charge in [-0.05, 0) is 25.1 Å². The van der Waals surface area contributed by atoms with Crippen LogP contribution in [0, 0.1) is 5.82 Å². The molecule has 7 nitrogen and oxygen atoms in total. The lowest BCUT2D eigenvalue weighted by Gasteiger charge is -2.12. The van der Waals surface area contributed by atoms with Crippen LogP contribution in [0.3, 0.4) is 0 Å². The normalized spacial score (nSPS) is 10.6. The molecule has 3 rings (SSSR count). The number of amides is 1.